The van der Waals surface area contributed by atoms with Gasteiger partial charge in [-0.05, 0) is 65.2 Å². The van der Waals surface area contributed by atoms with Crippen LogP contribution in [0.15, 0.2) is 0 Å². The summed E-state index contributed by atoms with van der Waals surface area (Å²) in [6.07, 6.45) is 7.44. The van der Waals surface area contributed by atoms with Crippen LogP contribution in [0.3, 0.4) is 0 Å². The lowest BCUT2D eigenvalue weighted by Gasteiger charge is -2.52. The van der Waals surface area contributed by atoms with Crippen LogP contribution in [0.2, 0.25) is 0 Å². The van der Waals surface area contributed by atoms with Crippen molar-refractivity contribution >= 4 is 6.09 Å². The van der Waals surface area contributed by atoms with E-state index in [0.717, 1.165) is 38.5 Å². The van der Waals surface area contributed by atoms with Gasteiger partial charge in [0.1, 0.15) is 5.60 Å². The van der Waals surface area contributed by atoms with E-state index in [1.54, 1.807) is 0 Å². The Morgan fingerprint density at radius 3 is 2.30 bits per heavy atom. The molecule has 0 aromatic carbocycles. The van der Waals surface area contributed by atoms with Crippen molar-refractivity contribution in [2.24, 2.45) is 5.92 Å². The van der Waals surface area contributed by atoms with E-state index in [0.29, 0.717) is 18.8 Å². The Hall–Kier alpha value is -0.770. The van der Waals surface area contributed by atoms with Crippen molar-refractivity contribution < 1.29 is 14.6 Å². The zero-order valence-corrected chi connectivity index (χ0v) is 15.6. The highest BCUT2D eigenvalue weighted by Gasteiger charge is 2.47. The zero-order chi connectivity index (χ0) is 17.3. The molecule has 1 amide bonds. The van der Waals surface area contributed by atoms with Gasteiger partial charge < -0.3 is 14.7 Å². The fourth-order valence-electron chi connectivity index (χ4n) is 4.18. The summed E-state index contributed by atoms with van der Waals surface area (Å²) in [5, 5.41) is 11.0. The van der Waals surface area contributed by atoms with Crippen molar-refractivity contribution in [1.29, 1.82) is 0 Å². The molecular weight excluding hydrogens is 290 g/mol. The van der Waals surface area contributed by atoms with Gasteiger partial charge >= 0.3 is 6.09 Å². The lowest BCUT2D eigenvalue weighted by molar-refractivity contribution is -0.0967. The number of hydrogen-bond donors (Lipinski definition) is 1. The third-order valence-corrected chi connectivity index (χ3v) is 5.12. The smallest absolute Gasteiger partial charge is 0.410 e. The Labute approximate surface area is 141 Å². The average molecular weight is 325 g/mol. The molecule has 2 heterocycles. The van der Waals surface area contributed by atoms with Crippen molar-refractivity contribution in [2.75, 3.05) is 0 Å². The van der Waals surface area contributed by atoms with Crippen LogP contribution in [0, 0.1) is 5.92 Å². The first-order chi connectivity index (χ1) is 10.6. The number of carbonyl (C=O) groups is 1. The molecule has 0 spiro atoms. The van der Waals surface area contributed by atoms with E-state index in [-0.39, 0.29) is 18.2 Å². The summed E-state index contributed by atoms with van der Waals surface area (Å²) in [5.41, 5.74) is -1.06. The van der Waals surface area contributed by atoms with Crippen LogP contribution in [-0.4, -0.2) is 39.4 Å². The minimum atomic E-state index is -0.594. The van der Waals surface area contributed by atoms with Gasteiger partial charge in [0.15, 0.2) is 0 Å². The van der Waals surface area contributed by atoms with E-state index in [9.17, 15) is 9.90 Å². The predicted molar refractivity (Wildman–Crippen MR) is 92.4 cm³/mol. The highest BCUT2D eigenvalue weighted by Crippen LogP contribution is 2.42. The topological polar surface area (TPSA) is 49.8 Å². The Balaban J connectivity index is 2.01. The first-order valence-electron chi connectivity index (χ1n) is 9.33. The quantitative estimate of drug-likeness (QED) is 0.828. The van der Waals surface area contributed by atoms with Crippen LogP contribution in [0.1, 0.15) is 86.0 Å². The van der Waals surface area contributed by atoms with Crippen molar-refractivity contribution in [3.63, 3.8) is 0 Å². The number of hydrogen-bond acceptors (Lipinski definition) is 3. The molecule has 4 nitrogen and oxygen atoms in total. The fourth-order valence-corrected chi connectivity index (χ4v) is 4.18. The van der Waals surface area contributed by atoms with Gasteiger partial charge in [0.2, 0.25) is 0 Å². The third kappa shape index (κ3) is 5.10. The summed E-state index contributed by atoms with van der Waals surface area (Å²) in [4.78, 5) is 14.5. The number of aliphatic hydroxyl groups is 1. The van der Waals surface area contributed by atoms with Crippen molar-refractivity contribution in [3.8, 4) is 0 Å². The van der Waals surface area contributed by atoms with Crippen LogP contribution in [0.25, 0.3) is 0 Å². The largest absolute Gasteiger partial charge is 0.444 e. The van der Waals surface area contributed by atoms with Gasteiger partial charge in [0.25, 0.3) is 0 Å². The fraction of sp³-hybridized carbons (Fsp3) is 0.947. The predicted octanol–water partition coefficient (Wildman–Crippen LogP) is 4.50. The van der Waals surface area contributed by atoms with E-state index >= 15 is 0 Å². The second-order valence-electron chi connectivity index (χ2n) is 9.04. The molecule has 2 fully saturated rings. The van der Waals surface area contributed by atoms with Crippen molar-refractivity contribution in [2.45, 2.75) is 109 Å². The number of nitrogens with zero attached hydrogens (tertiary/aromatic N) is 1. The van der Waals surface area contributed by atoms with Gasteiger partial charge in [0, 0.05) is 12.1 Å². The van der Waals surface area contributed by atoms with Crippen LogP contribution in [0.5, 0.6) is 0 Å². The van der Waals surface area contributed by atoms with E-state index in [4.69, 9.17) is 4.74 Å². The Morgan fingerprint density at radius 2 is 1.83 bits per heavy atom. The molecule has 2 atom stereocenters. The highest BCUT2D eigenvalue weighted by molar-refractivity contribution is 5.69. The molecule has 2 saturated heterocycles. The number of ether oxygens (including phenoxy) is 1. The lowest BCUT2D eigenvalue weighted by Crippen LogP contribution is -2.60. The molecule has 2 bridgehead atoms. The summed E-state index contributed by atoms with van der Waals surface area (Å²) in [6.45, 7) is 10.2. The van der Waals surface area contributed by atoms with Crippen LogP contribution in [0.4, 0.5) is 4.79 Å². The highest BCUT2D eigenvalue weighted by atomic mass is 16.6. The molecule has 23 heavy (non-hydrogen) atoms. The normalized spacial score (nSPS) is 31.3. The van der Waals surface area contributed by atoms with Gasteiger partial charge in [-0.15, -0.1) is 0 Å². The van der Waals surface area contributed by atoms with Crippen molar-refractivity contribution in [3.05, 3.63) is 0 Å². The maximum Gasteiger partial charge on any atom is 0.410 e. The Kier molecular flexibility index (Phi) is 5.65. The van der Waals surface area contributed by atoms with Crippen LogP contribution >= 0.6 is 0 Å². The first-order valence-corrected chi connectivity index (χ1v) is 9.33. The van der Waals surface area contributed by atoms with Crippen LogP contribution in [-0.2, 0) is 4.74 Å². The van der Waals surface area contributed by atoms with E-state index < -0.39 is 11.2 Å². The maximum atomic E-state index is 12.6. The number of fused-ring (bicyclic) bond motifs is 2. The van der Waals surface area contributed by atoms with Gasteiger partial charge in [-0.25, -0.2) is 4.79 Å². The number of amides is 1. The number of carbonyl (C=O) groups excluding carboxylic acids is 1. The summed E-state index contributed by atoms with van der Waals surface area (Å²) in [7, 11) is 0. The molecule has 134 valence electrons. The van der Waals surface area contributed by atoms with Crippen LogP contribution < -0.4 is 0 Å². The molecular formula is C19H35NO3. The molecule has 2 rings (SSSR count). The monoisotopic (exact) mass is 325 g/mol. The van der Waals surface area contributed by atoms with Gasteiger partial charge in [-0.3, -0.25) is 0 Å². The average Bonchev–Trinajstić information content (AvgIpc) is 2.34. The molecule has 1 N–H and O–H groups in total. The molecule has 4 heteroatoms. The van der Waals surface area contributed by atoms with Gasteiger partial charge in [0.05, 0.1) is 5.60 Å². The summed E-state index contributed by atoms with van der Waals surface area (Å²) < 4.78 is 5.60. The second kappa shape index (κ2) is 7.00. The lowest BCUT2D eigenvalue weighted by atomic mass is 9.73. The first kappa shape index (κ1) is 18.6. The molecule has 0 radical (unpaired) electrons. The summed E-state index contributed by atoms with van der Waals surface area (Å²) >= 11 is 0. The van der Waals surface area contributed by atoms with Crippen molar-refractivity contribution in [1.82, 2.24) is 4.90 Å². The van der Waals surface area contributed by atoms with Gasteiger partial charge in [-0.2, -0.15) is 0 Å². The molecule has 0 saturated carbocycles. The van der Waals surface area contributed by atoms with Gasteiger partial charge in [-0.1, -0.05) is 26.7 Å². The Morgan fingerprint density at radius 1 is 1.26 bits per heavy atom. The molecule has 0 aromatic heterocycles. The number of piperidine rings is 2. The third-order valence-electron chi connectivity index (χ3n) is 5.12. The zero-order valence-electron chi connectivity index (χ0n) is 15.6. The minimum Gasteiger partial charge on any atom is -0.444 e. The SMILES string of the molecule is CC(C)CCCC1(O)CC2CCCC(C1)N2C(=O)OC(C)(C)C. The molecule has 2 aliphatic heterocycles. The second-order valence-corrected chi connectivity index (χ2v) is 9.04. The molecule has 2 unspecified atom stereocenters. The number of rotatable bonds is 4. The van der Waals surface area contributed by atoms with E-state index in [1.807, 2.05) is 25.7 Å². The molecule has 0 aliphatic carbocycles. The molecule has 0 aromatic rings. The summed E-state index contributed by atoms with van der Waals surface area (Å²) in [5.74, 6) is 0.681. The minimum absolute atomic E-state index is 0.140. The van der Waals surface area contributed by atoms with E-state index in [2.05, 4.69) is 13.8 Å². The standard InChI is InChI=1S/C19H35NO3/c1-14(2)8-7-11-19(22)12-15-9-6-10-16(13-19)20(15)17(21)23-18(3,4)5/h14-16,22H,6-13H2,1-5H3. The Bertz CT molecular complexity index is 399. The maximum absolute atomic E-state index is 12.6. The van der Waals surface area contributed by atoms with E-state index in [1.165, 1.54) is 0 Å². The molecule has 2 aliphatic rings. The summed E-state index contributed by atoms with van der Waals surface area (Å²) in [6, 6.07) is 0.280.